The summed E-state index contributed by atoms with van der Waals surface area (Å²) in [5, 5.41) is 12.9. The molecule has 0 amide bonds. The van der Waals surface area contributed by atoms with Crippen molar-refractivity contribution in [1.82, 2.24) is 20.2 Å². The molecule has 2 aromatic heterocycles. The van der Waals surface area contributed by atoms with E-state index in [0.29, 0.717) is 12.4 Å². The number of rotatable bonds is 4. The first-order valence-electron chi connectivity index (χ1n) is 5.92. The van der Waals surface area contributed by atoms with Gasteiger partial charge in [0, 0.05) is 11.1 Å². The molecule has 3 aromatic rings. The van der Waals surface area contributed by atoms with E-state index in [1.807, 2.05) is 5.38 Å². The maximum absolute atomic E-state index is 4.51. The second-order valence-electron chi connectivity index (χ2n) is 4.20. The Morgan fingerprint density at radius 2 is 2.11 bits per heavy atom. The number of aromatic nitrogens is 4. The molecule has 0 fully saturated rings. The van der Waals surface area contributed by atoms with Crippen LogP contribution in [0.5, 0.6) is 0 Å². The molecule has 0 bridgehead atoms. The highest BCUT2D eigenvalue weighted by molar-refractivity contribution is 7.13. The van der Waals surface area contributed by atoms with Gasteiger partial charge in [0.1, 0.15) is 6.33 Å². The number of aryl methyl sites for hydroxylation is 1. The van der Waals surface area contributed by atoms with Crippen LogP contribution in [-0.4, -0.2) is 20.2 Å². The van der Waals surface area contributed by atoms with Crippen molar-refractivity contribution in [2.45, 2.75) is 13.5 Å². The van der Waals surface area contributed by atoms with Crippen LogP contribution in [0.25, 0.3) is 10.8 Å². The maximum Gasteiger partial charge on any atom is 0.184 e. The Labute approximate surface area is 114 Å². The second kappa shape index (κ2) is 5.19. The standard InChI is InChI=1S/C13H13N5S/c1-9-2-4-10(5-3-9)14-6-11-7-19-13(17-11)12-15-8-16-18-12/h2-5,7-8,14H,6H2,1H3,(H,15,16,18). The molecule has 0 saturated heterocycles. The molecule has 19 heavy (non-hydrogen) atoms. The van der Waals surface area contributed by atoms with E-state index in [0.717, 1.165) is 16.4 Å². The van der Waals surface area contributed by atoms with Crippen molar-refractivity contribution in [2.24, 2.45) is 0 Å². The minimum Gasteiger partial charge on any atom is -0.379 e. The van der Waals surface area contributed by atoms with Crippen LogP contribution in [0.3, 0.4) is 0 Å². The first kappa shape index (κ1) is 11.9. The lowest BCUT2D eigenvalue weighted by molar-refractivity contribution is 1.06. The number of H-pyrrole nitrogens is 1. The molecule has 0 saturated carbocycles. The zero-order valence-electron chi connectivity index (χ0n) is 10.4. The molecular formula is C13H13N5S. The predicted octanol–water partition coefficient (Wildman–Crippen LogP) is 2.85. The van der Waals surface area contributed by atoms with Gasteiger partial charge in [0.05, 0.1) is 12.2 Å². The molecule has 0 aliphatic heterocycles. The molecule has 0 atom stereocenters. The number of thiazole rings is 1. The van der Waals surface area contributed by atoms with Crippen molar-refractivity contribution < 1.29 is 0 Å². The SMILES string of the molecule is Cc1ccc(NCc2csc(-c3ncn[nH]3)n2)cc1. The Hall–Kier alpha value is -2.21. The number of aromatic amines is 1. The number of hydrogen-bond donors (Lipinski definition) is 2. The van der Waals surface area contributed by atoms with E-state index in [-0.39, 0.29) is 0 Å². The topological polar surface area (TPSA) is 66.5 Å². The summed E-state index contributed by atoms with van der Waals surface area (Å²) in [7, 11) is 0. The minimum absolute atomic E-state index is 0.702. The first-order chi connectivity index (χ1) is 9.31. The summed E-state index contributed by atoms with van der Waals surface area (Å²) >= 11 is 1.56. The average molecular weight is 271 g/mol. The monoisotopic (exact) mass is 271 g/mol. The quantitative estimate of drug-likeness (QED) is 0.765. The van der Waals surface area contributed by atoms with Gasteiger partial charge in [-0.15, -0.1) is 11.3 Å². The molecule has 0 aliphatic carbocycles. The van der Waals surface area contributed by atoms with Gasteiger partial charge in [-0.05, 0) is 19.1 Å². The lowest BCUT2D eigenvalue weighted by Crippen LogP contribution is -1.99. The van der Waals surface area contributed by atoms with E-state index in [2.05, 4.69) is 56.7 Å². The Kier molecular flexibility index (Phi) is 3.24. The van der Waals surface area contributed by atoms with Crippen LogP contribution in [0.4, 0.5) is 5.69 Å². The Morgan fingerprint density at radius 1 is 1.26 bits per heavy atom. The van der Waals surface area contributed by atoms with E-state index in [4.69, 9.17) is 0 Å². The smallest absolute Gasteiger partial charge is 0.184 e. The molecule has 0 spiro atoms. The number of anilines is 1. The summed E-state index contributed by atoms with van der Waals surface area (Å²) in [4.78, 5) is 8.60. The molecule has 6 heteroatoms. The molecule has 96 valence electrons. The van der Waals surface area contributed by atoms with Crippen molar-refractivity contribution in [3.63, 3.8) is 0 Å². The Balaban J connectivity index is 1.66. The largest absolute Gasteiger partial charge is 0.379 e. The van der Waals surface area contributed by atoms with Crippen LogP contribution in [0.1, 0.15) is 11.3 Å². The van der Waals surface area contributed by atoms with Gasteiger partial charge in [-0.1, -0.05) is 17.7 Å². The van der Waals surface area contributed by atoms with Crippen molar-refractivity contribution in [3.05, 3.63) is 47.2 Å². The third kappa shape index (κ3) is 2.79. The normalized spacial score (nSPS) is 10.6. The lowest BCUT2D eigenvalue weighted by atomic mass is 10.2. The van der Waals surface area contributed by atoms with Gasteiger partial charge in [0.25, 0.3) is 0 Å². The fourth-order valence-corrected chi connectivity index (χ4v) is 2.43. The van der Waals surface area contributed by atoms with E-state index in [9.17, 15) is 0 Å². The van der Waals surface area contributed by atoms with Gasteiger partial charge in [-0.3, -0.25) is 5.10 Å². The number of nitrogens with zero attached hydrogens (tertiary/aromatic N) is 3. The molecular weight excluding hydrogens is 258 g/mol. The van der Waals surface area contributed by atoms with Gasteiger partial charge < -0.3 is 5.32 Å². The van der Waals surface area contributed by atoms with Crippen LogP contribution >= 0.6 is 11.3 Å². The van der Waals surface area contributed by atoms with Crippen LogP contribution in [0.15, 0.2) is 36.0 Å². The summed E-state index contributed by atoms with van der Waals surface area (Å²) in [6.07, 6.45) is 1.49. The Morgan fingerprint density at radius 3 is 2.84 bits per heavy atom. The van der Waals surface area contributed by atoms with E-state index >= 15 is 0 Å². The van der Waals surface area contributed by atoms with Gasteiger partial charge in [0.2, 0.25) is 0 Å². The molecule has 5 nitrogen and oxygen atoms in total. The molecule has 1 aromatic carbocycles. The summed E-state index contributed by atoms with van der Waals surface area (Å²) in [6.45, 7) is 2.78. The third-order valence-corrected chi connectivity index (χ3v) is 3.59. The van der Waals surface area contributed by atoms with Gasteiger partial charge in [-0.2, -0.15) is 5.10 Å². The van der Waals surface area contributed by atoms with Gasteiger partial charge in [0.15, 0.2) is 10.8 Å². The van der Waals surface area contributed by atoms with Crippen molar-refractivity contribution in [2.75, 3.05) is 5.32 Å². The van der Waals surface area contributed by atoms with Crippen molar-refractivity contribution >= 4 is 17.0 Å². The van der Waals surface area contributed by atoms with Gasteiger partial charge in [-0.25, -0.2) is 9.97 Å². The molecule has 2 N–H and O–H groups in total. The van der Waals surface area contributed by atoms with Crippen LogP contribution in [0, 0.1) is 6.92 Å². The number of nitrogens with one attached hydrogen (secondary N) is 2. The molecule has 0 radical (unpaired) electrons. The Bertz CT molecular complexity index is 642. The van der Waals surface area contributed by atoms with Crippen molar-refractivity contribution in [1.29, 1.82) is 0 Å². The lowest BCUT2D eigenvalue weighted by Gasteiger charge is -2.04. The average Bonchev–Trinajstić information content (AvgIpc) is 3.09. The van der Waals surface area contributed by atoms with Crippen LogP contribution in [0.2, 0.25) is 0 Å². The van der Waals surface area contributed by atoms with Crippen LogP contribution in [-0.2, 0) is 6.54 Å². The van der Waals surface area contributed by atoms with Crippen LogP contribution < -0.4 is 5.32 Å². The molecule has 2 heterocycles. The minimum atomic E-state index is 0.702. The maximum atomic E-state index is 4.51. The zero-order chi connectivity index (χ0) is 13.1. The van der Waals surface area contributed by atoms with E-state index in [1.54, 1.807) is 11.3 Å². The second-order valence-corrected chi connectivity index (χ2v) is 5.06. The summed E-state index contributed by atoms with van der Waals surface area (Å²) < 4.78 is 0. The molecule has 0 unspecified atom stereocenters. The zero-order valence-corrected chi connectivity index (χ0v) is 11.2. The van der Waals surface area contributed by atoms with Gasteiger partial charge >= 0.3 is 0 Å². The molecule has 3 rings (SSSR count). The third-order valence-electron chi connectivity index (χ3n) is 2.69. The fourth-order valence-electron chi connectivity index (χ4n) is 1.67. The summed E-state index contributed by atoms with van der Waals surface area (Å²) in [6, 6.07) is 8.31. The number of benzene rings is 1. The van der Waals surface area contributed by atoms with Crippen molar-refractivity contribution in [3.8, 4) is 10.8 Å². The van der Waals surface area contributed by atoms with E-state index in [1.165, 1.54) is 11.9 Å². The highest BCUT2D eigenvalue weighted by Gasteiger charge is 2.06. The predicted molar refractivity (Wildman–Crippen MR) is 76.0 cm³/mol. The highest BCUT2D eigenvalue weighted by Crippen LogP contribution is 2.20. The van der Waals surface area contributed by atoms with E-state index < -0.39 is 0 Å². The summed E-state index contributed by atoms with van der Waals surface area (Å²) in [5.41, 5.74) is 3.35. The highest BCUT2D eigenvalue weighted by atomic mass is 32.1. The number of hydrogen-bond acceptors (Lipinski definition) is 5. The summed E-state index contributed by atoms with van der Waals surface area (Å²) in [5.74, 6) is 0.714. The fraction of sp³-hybridized carbons (Fsp3) is 0.154. The first-order valence-corrected chi connectivity index (χ1v) is 6.80. The molecule has 0 aliphatic rings.